The Morgan fingerprint density at radius 2 is 1.47 bits per heavy atom. The van der Waals surface area contributed by atoms with Crippen LogP contribution < -0.4 is 9.80 Å². The molecule has 0 atom stereocenters. The number of likely N-dealkylation sites (N-methyl/N-ethyl adjacent to an activating group) is 1. The van der Waals surface area contributed by atoms with Gasteiger partial charge in [0.1, 0.15) is 18.0 Å². The molecule has 0 N–H and O–H groups in total. The molecule has 0 aliphatic carbocycles. The Bertz CT molecular complexity index is 1050. The highest BCUT2D eigenvalue weighted by Gasteiger charge is 2.25. The van der Waals surface area contributed by atoms with Crippen molar-refractivity contribution in [2.45, 2.75) is 0 Å². The minimum Gasteiger partial charge on any atom is -0.354 e. The van der Waals surface area contributed by atoms with Gasteiger partial charge in [-0.05, 0) is 19.2 Å². The molecule has 2 aromatic heterocycles. The van der Waals surface area contributed by atoms with E-state index in [4.69, 9.17) is 0 Å². The SMILES string of the molecule is CN1CCN(c2cc(N3CCN(C(=O)c4cnn(-c5ccccc5)n4)CC3)ncn2)CC1. The highest BCUT2D eigenvalue weighted by Crippen LogP contribution is 2.20. The lowest BCUT2D eigenvalue weighted by molar-refractivity contribution is 0.0740. The standard InChI is InChI=1S/C22H27N9O/c1-27-7-9-28(10-8-27)20-15-21(24-17-23-20)29-11-13-30(14-12-29)22(32)19-16-25-31(26-19)18-5-3-2-4-6-18/h2-6,15-17H,7-14H2,1H3. The van der Waals surface area contributed by atoms with Crippen molar-refractivity contribution in [2.75, 3.05) is 69.2 Å². The molecular formula is C22H27N9O. The normalized spacial score (nSPS) is 17.6. The van der Waals surface area contributed by atoms with Crippen LogP contribution in [0.3, 0.4) is 0 Å². The molecule has 0 radical (unpaired) electrons. The van der Waals surface area contributed by atoms with Crippen LogP contribution in [-0.2, 0) is 0 Å². The van der Waals surface area contributed by atoms with Crippen LogP contribution in [0.2, 0.25) is 0 Å². The summed E-state index contributed by atoms with van der Waals surface area (Å²) in [6, 6.07) is 11.7. The van der Waals surface area contributed by atoms with E-state index in [2.05, 4.69) is 48.0 Å². The second kappa shape index (κ2) is 8.91. The second-order valence-corrected chi connectivity index (χ2v) is 8.16. The molecule has 1 aromatic carbocycles. The lowest BCUT2D eigenvalue weighted by Gasteiger charge is -2.36. The van der Waals surface area contributed by atoms with Crippen LogP contribution in [-0.4, -0.2) is 100 Å². The monoisotopic (exact) mass is 433 g/mol. The van der Waals surface area contributed by atoms with E-state index in [1.165, 1.54) is 11.0 Å². The van der Waals surface area contributed by atoms with Crippen molar-refractivity contribution >= 4 is 17.5 Å². The van der Waals surface area contributed by atoms with Crippen molar-refractivity contribution in [2.24, 2.45) is 0 Å². The lowest BCUT2D eigenvalue weighted by Crippen LogP contribution is -2.49. The number of amides is 1. The van der Waals surface area contributed by atoms with Crippen molar-refractivity contribution < 1.29 is 4.79 Å². The zero-order chi connectivity index (χ0) is 21.9. The smallest absolute Gasteiger partial charge is 0.276 e. The number of benzene rings is 1. The van der Waals surface area contributed by atoms with E-state index in [0.717, 1.165) is 56.6 Å². The second-order valence-electron chi connectivity index (χ2n) is 8.16. The molecule has 10 nitrogen and oxygen atoms in total. The van der Waals surface area contributed by atoms with Gasteiger partial charge in [-0.25, -0.2) is 9.97 Å². The molecular weight excluding hydrogens is 406 g/mol. The Labute approximate surface area is 187 Å². The summed E-state index contributed by atoms with van der Waals surface area (Å²) in [5.41, 5.74) is 1.19. The molecule has 3 aromatic rings. The average molecular weight is 434 g/mol. The third kappa shape index (κ3) is 4.26. The van der Waals surface area contributed by atoms with Crippen LogP contribution in [0.5, 0.6) is 0 Å². The summed E-state index contributed by atoms with van der Waals surface area (Å²) >= 11 is 0. The number of aromatic nitrogens is 5. The van der Waals surface area contributed by atoms with Crippen molar-refractivity contribution in [1.82, 2.24) is 34.8 Å². The molecule has 2 aliphatic heterocycles. The van der Waals surface area contributed by atoms with Gasteiger partial charge in [-0.15, -0.1) is 5.10 Å². The predicted molar refractivity (Wildman–Crippen MR) is 121 cm³/mol. The zero-order valence-electron chi connectivity index (χ0n) is 18.2. The average Bonchev–Trinajstić information content (AvgIpc) is 3.35. The Hall–Kier alpha value is -3.53. The van der Waals surface area contributed by atoms with E-state index in [1.807, 2.05) is 35.2 Å². The molecule has 0 bridgehead atoms. The van der Waals surface area contributed by atoms with Crippen LogP contribution in [0.1, 0.15) is 10.5 Å². The van der Waals surface area contributed by atoms with Crippen molar-refractivity contribution in [1.29, 1.82) is 0 Å². The first-order valence-electron chi connectivity index (χ1n) is 10.9. The number of hydrogen-bond donors (Lipinski definition) is 0. The van der Waals surface area contributed by atoms with Gasteiger partial charge in [0.15, 0.2) is 5.69 Å². The molecule has 32 heavy (non-hydrogen) atoms. The third-order valence-electron chi connectivity index (χ3n) is 6.05. The maximum Gasteiger partial charge on any atom is 0.276 e. The van der Waals surface area contributed by atoms with Crippen molar-refractivity contribution in [3.63, 3.8) is 0 Å². The van der Waals surface area contributed by atoms with Crippen LogP contribution in [0.4, 0.5) is 11.6 Å². The molecule has 2 fully saturated rings. The van der Waals surface area contributed by atoms with E-state index < -0.39 is 0 Å². The van der Waals surface area contributed by atoms with Crippen molar-refractivity contribution in [3.05, 3.63) is 54.6 Å². The first kappa shape index (κ1) is 20.4. The summed E-state index contributed by atoms with van der Waals surface area (Å²) in [7, 11) is 2.14. The fourth-order valence-electron chi connectivity index (χ4n) is 4.07. The van der Waals surface area contributed by atoms with Gasteiger partial charge < -0.3 is 19.6 Å². The van der Waals surface area contributed by atoms with E-state index in [-0.39, 0.29) is 5.91 Å². The van der Waals surface area contributed by atoms with Gasteiger partial charge in [0, 0.05) is 58.4 Å². The summed E-state index contributed by atoms with van der Waals surface area (Å²) < 4.78 is 0. The van der Waals surface area contributed by atoms with Gasteiger partial charge in [-0.1, -0.05) is 18.2 Å². The number of carbonyl (C=O) groups excluding carboxylic acids is 1. The predicted octanol–water partition coefficient (Wildman–Crippen LogP) is 0.771. The van der Waals surface area contributed by atoms with E-state index in [1.54, 1.807) is 6.33 Å². The first-order valence-corrected chi connectivity index (χ1v) is 10.9. The van der Waals surface area contributed by atoms with Gasteiger partial charge >= 0.3 is 0 Å². The molecule has 10 heteroatoms. The fraction of sp³-hybridized carbons (Fsp3) is 0.409. The van der Waals surface area contributed by atoms with Crippen LogP contribution in [0.25, 0.3) is 5.69 Å². The fourth-order valence-corrected chi connectivity index (χ4v) is 4.07. The van der Waals surface area contributed by atoms with Gasteiger partial charge in [0.25, 0.3) is 5.91 Å². The molecule has 4 heterocycles. The lowest BCUT2D eigenvalue weighted by atomic mass is 10.2. The maximum atomic E-state index is 12.9. The topological polar surface area (TPSA) is 86.5 Å². The Morgan fingerprint density at radius 3 is 2.12 bits per heavy atom. The highest BCUT2D eigenvalue weighted by molar-refractivity contribution is 5.92. The summed E-state index contributed by atoms with van der Waals surface area (Å²) in [5.74, 6) is 1.79. The van der Waals surface area contributed by atoms with Gasteiger partial charge in [-0.2, -0.15) is 9.90 Å². The molecule has 166 valence electrons. The van der Waals surface area contributed by atoms with Crippen LogP contribution >= 0.6 is 0 Å². The first-order chi connectivity index (χ1) is 15.7. The van der Waals surface area contributed by atoms with Gasteiger partial charge in [0.05, 0.1) is 11.9 Å². The Balaban J connectivity index is 1.21. The molecule has 0 saturated carbocycles. The Morgan fingerprint density at radius 1 is 0.844 bits per heavy atom. The number of piperazine rings is 2. The molecule has 0 spiro atoms. The summed E-state index contributed by atoms with van der Waals surface area (Å²) in [4.78, 5) is 32.1. The quantitative estimate of drug-likeness (QED) is 0.597. The maximum absolute atomic E-state index is 12.9. The Kier molecular flexibility index (Phi) is 5.68. The summed E-state index contributed by atoms with van der Waals surface area (Å²) in [5, 5.41) is 8.62. The number of nitrogens with zero attached hydrogens (tertiary/aromatic N) is 9. The number of para-hydroxylation sites is 1. The molecule has 5 rings (SSSR count). The third-order valence-corrected chi connectivity index (χ3v) is 6.05. The van der Waals surface area contributed by atoms with Crippen LogP contribution in [0, 0.1) is 0 Å². The molecule has 2 aliphatic rings. The highest BCUT2D eigenvalue weighted by atomic mass is 16.2. The number of hydrogen-bond acceptors (Lipinski definition) is 8. The molecule has 1 amide bonds. The largest absolute Gasteiger partial charge is 0.354 e. The van der Waals surface area contributed by atoms with E-state index in [9.17, 15) is 4.79 Å². The van der Waals surface area contributed by atoms with Gasteiger partial charge in [0.2, 0.25) is 0 Å². The van der Waals surface area contributed by atoms with Crippen LogP contribution in [0.15, 0.2) is 48.9 Å². The van der Waals surface area contributed by atoms with Gasteiger partial charge in [-0.3, -0.25) is 4.79 Å². The number of anilines is 2. The minimum absolute atomic E-state index is 0.0901. The van der Waals surface area contributed by atoms with E-state index >= 15 is 0 Å². The summed E-state index contributed by atoms with van der Waals surface area (Å²) in [6.07, 6.45) is 3.18. The zero-order valence-corrected chi connectivity index (χ0v) is 18.2. The number of rotatable bonds is 4. The minimum atomic E-state index is -0.0901. The van der Waals surface area contributed by atoms with E-state index in [0.29, 0.717) is 18.8 Å². The number of carbonyl (C=O) groups is 1. The summed E-state index contributed by atoms with van der Waals surface area (Å²) in [6.45, 7) is 6.69. The van der Waals surface area contributed by atoms with Crippen molar-refractivity contribution in [3.8, 4) is 5.69 Å². The molecule has 0 unspecified atom stereocenters. The molecule has 2 saturated heterocycles.